The maximum atomic E-state index is 9.76. The predicted octanol–water partition coefficient (Wildman–Crippen LogP) is 1.85. The normalized spacial score (nSPS) is 6.00. The second kappa shape index (κ2) is 47.3. The number of rotatable bonds is 0. The van der Waals surface area contributed by atoms with Gasteiger partial charge in [0.2, 0.25) is 8.14 Å². The molecule has 0 fully saturated rings. The van der Waals surface area contributed by atoms with Crippen molar-refractivity contribution in [3.05, 3.63) is 0 Å². The third-order valence-corrected chi connectivity index (χ3v) is 0. The van der Waals surface area contributed by atoms with Crippen molar-refractivity contribution < 1.29 is 8.22 Å². The standard InChI is InChI=1S/Cl2GeH2.Cl2H2Si.2ClH.F2H2Si.Sn/c2*1-3-2;;;1-3-2;/h2*3H2;2*1H;3H2;/q;;;;;+2/p-2. The van der Waals surface area contributed by atoms with Crippen LogP contribution in [0.2, 0.25) is 0 Å². The molecule has 0 aliphatic rings. The minimum absolute atomic E-state index is 0.639. The van der Waals surface area contributed by atoms with Crippen molar-refractivity contribution in [2.24, 2.45) is 0 Å². The van der Waals surface area contributed by atoms with E-state index in [1.165, 1.54) is 0 Å². The molecule has 0 nitrogen and oxygen atoms in total. The molecule has 12 heteroatoms. The molecular formula is H6Cl6F2GeSi2Sn. The summed E-state index contributed by atoms with van der Waals surface area (Å²) in [6.45, 7) is 0. The summed E-state index contributed by atoms with van der Waals surface area (Å²) in [5.74, 6) is 0. The van der Waals surface area contributed by atoms with Crippen molar-refractivity contribution in [1.82, 2.24) is 0 Å². The second-order valence-electron chi connectivity index (χ2n) is 0.374. The van der Waals surface area contributed by atoms with Crippen molar-refractivity contribution >= 4 is 111 Å². The predicted molar refractivity (Wildman–Crippen MR) is 68.7 cm³/mol. The van der Waals surface area contributed by atoms with Gasteiger partial charge in [-0.25, -0.2) is 0 Å². The molecule has 0 rings (SSSR count). The van der Waals surface area contributed by atoms with E-state index in [9.17, 15) is 8.22 Å². The Morgan fingerprint density at radius 1 is 1.08 bits per heavy atom. The molecule has 0 N–H and O–H groups in total. The summed E-state index contributed by atoms with van der Waals surface area (Å²) in [6.07, 6.45) is 0. The van der Waals surface area contributed by atoms with E-state index in [1.807, 2.05) is 0 Å². The van der Waals surface area contributed by atoms with Gasteiger partial charge in [-0.05, 0) is 0 Å². The summed E-state index contributed by atoms with van der Waals surface area (Å²) < 4.78 is 19.5. The Kier molecular flexibility index (Phi) is 96.7. The van der Waals surface area contributed by atoms with Crippen LogP contribution in [0.3, 0.4) is 0 Å². The molecule has 0 aromatic carbocycles. The quantitative estimate of drug-likeness (QED) is 0.349. The number of hydrogen-bond acceptors (Lipinski definition) is 0. The van der Waals surface area contributed by atoms with Gasteiger partial charge in [0.15, 0.2) is 0 Å². The third kappa shape index (κ3) is 180. The molecule has 0 aromatic rings. The second-order valence-corrected chi connectivity index (χ2v) is 12.1. The van der Waals surface area contributed by atoms with E-state index in [0.29, 0.717) is 0 Å². The van der Waals surface area contributed by atoms with Gasteiger partial charge >= 0.3 is 80.5 Å². The Morgan fingerprint density at radius 2 is 1.08 bits per heavy atom. The van der Waals surface area contributed by atoms with Crippen LogP contribution >= 0.6 is 60.0 Å². The Labute approximate surface area is 117 Å². The van der Waals surface area contributed by atoms with Crippen molar-refractivity contribution in [3.8, 4) is 0 Å². The Balaban J connectivity index is -0.0000000356. The molecule has 0 aliphatic heterocycles. The van der Waals surface area contributed by atoms with Crippen LogP contribution < -0.4 is 0 Å². The van der Waals surface area contributed by atoms with Gasteiger partial charge in [-0.1, -0.05) is 0 Å². The summed E-state index contributed by atoms with van der Waals surface area (Å²) in [6, 6.07) is 0. The zero-order valence-corrected chi connectivity index (χ0v) is 18.8. The van der Waals surface area contributed by atoms with Crippen molar-refractivity contribution in [2.45, 2.75) is 0 Å². The fraction of sp³-hybridized carbons (Fsp3) is 0. The van der Waals surface area contributed by atoms with E-state index in [4.69, 9.17) is 60.0 Å². The van der Waals surface area contributed by atoms with Gasteiger partial charge in [-0.3, -0.25) is 8.22 Å². The fourth-order valence-electron chi connectivity index (χ4n) is 0. The molecule has 78 valence electrons. The topological polar surface area (TPSA) is 0 Å². The van der Waals surface area contributed by atoms with Gasteiger partial charge in [0, 0.05) is 0 Å². The Morgan fingerprint density at radius 3 is 1.08 bits per heavy atom. The van der Waals surface area contributed by atoms with E-state index < -0.39 is 50.8 Å². The number of halogens is 8. The van der Waals surface area contributed by atoms with Crippen LogP contribution in [0.25, 0.3) is 0 Å². The molecule has 0 saturated heterocycles. The van der Waals surface area contributed by atoms with Crippen LogP contribution in [-0.2, 0) is 0 Å². The molecule has 0 spiro atoms. The average Bonchev–Trinajstić information content (AvgIpc) is 1.92. The first kappa shape index (κ1) is 24.6. The minimum atomic E-state index is -2.58. The third-order valence-electron chi connectivity index (χ3n) is 0. The van der Waals surface area contributed by atoms with Crippen LogP contribution in [0, 0.1) is 0 Å². The van der Waals surface area contributed by atoms with Crippen LogP contribution in [0.15, 0.2) is 0 Å². The van der Waals surface area contributed by atoms with Gasteiger partial charge in [0.25, 0.3) is 0 Å². The van der Waals surface area contributed by atoms with Crippen molar-refractivity contribution in [1.29, 1.82) is 0 Å². The van der Waals surface area contributed by atoms with Crippen molar-refractivity contribution in [3.63, 3.8) is 0 Å². The summed E-state index contributed by atoms with van der Waals surface area (Å²) in [7, 11) is 16.5. The van der Waals surface area contributed by atoms with E-state index in [0.717, 1.165) is 0 Å². The molecule has 0 unspecified atom stereocenters. The summed E-state index contributed by atoms with van der Waals surface area (Å²) in [5.41, 5.74) is 0. The summed E-state index contributed by atoms with van der Waals surface area (Å²) >= 11 is 8.05. The first-order valence-corrected chi connectivity index (χ1v) is 22.4. The Bertz CT molecular complexity index is 31.5. The molecule has 0 atom stereocenters. The maximum absolute atomic E-state index is 9.76. The van der Waals surface area contributed by atoms with Crippen molar-refractivity contribution in [2.75, 3.05) is 0 Å². The molecule has 0 aromatic heterocycles. The monoisotopic (exact) mass is 504 g/mol. The van der Waals surface area contributed by atoms with Gasteiger partial charge in [0.1, 0.15) is 0 Å². The fourth-order valence-corrected chi connectivity index (χ4v) is 0. The first-order valence-electron chi connectivity index (χ1n) is 1.98. The van der Waals surface area contributed by atoms with Gasteiger partial charge in [-0.15, -0.1) is 0 Å². The average molecular weight is 504 g/mol. The first-order chi connectivity index (χ1) is 5.66. The molecule has 0 amide bonds. The zero-order chi connectivity index (χ0) is 10.8. The SMILES string of the molecule is Cl[SiH2]Cl.F[SiH2]F.[Cl][GeH2][Cl].[Cl][Sn][Cl]. The van der Waals surface area contributed by atoms with Crippen LogP contribution in [0.4, 0.5) is 8.22 Å². The number of hydrogen-bond donors (Lipinski definition) is 0. The van der Waals surface area contributed by atoms with Gasteiger partial charge in [-0.2, -0.15) is 22.2 Å². The molecule has 12 heavy (non-hydrogen) atoms. The molecule has 2 radical (unpaired) electrons. The molecular weight excluding hydrogens is 498 g/mol. The van der Waals surface area contributed by atoms with Crippen LogP contribution in [0.5, 0.6) is 0 Å². The summed E-state index contributed by atoms with van der Waals surface area (Å²) in [5, 5.41) is 0. The van der Waals surface area contributed by atoms with E-state index >= 15 is 0 Å². The van der Waals surface area contributed by atoms with Crippen LogP contribution in [0.1, 0.15) is 0 Å². The molecule has 0 heterocycles. The zero-order valence-electron chi connectivity index (χ0n) is 5.65. The van der Waals surface area contributed by atoms with E-state index in [2.05, 4.69) is 0 Å². The van der Waals surface area contributed by atoms with E-state index in [-0.39, 0.29) is 0 Å². The summed E-state index contributed by atoms with van der Waals surface area (Å²) in [4.78, 5) is 0. The van der Waals surface area contributed by atoms with Gasteiger partial charge < -0.3 is 0 Å². The van der Waals surface area contributed by atoms with Gasteiger partial charge in [0.05, 0.1) is 0 Å². The molecule has 0 saturated carbocycles. The van der Waals surface area contributed by atoms with Crippen LogP contribution in [-0.4, -0.2) is 50.8 Å². The van der Waals surface area contributed by atoms with E-state index in [1.54, 1.807) is 0 Å². The Hall–Kier alpha value is 3.38. The molecule has 0 bridgehead atoms. The molecule has 0 aliphatic carbocycles.